The lowest BCUT2D eigenvalue weighted by molar-refractivity contribution is -0.173. The smallest absolute Gasteiger partial charge is 0.367 e. The van der Waals surface area contributed by atoms with Crippen LogP contribution in [0, 0.1) is 0 Å². The molecule has 0 bridgehead atoms. The summed E-state index contributed by atoms with van der Waals surface area (Å²) in [5.41, 5.74) is 0.988. The first-order chi connectivity index (χ1) is 14.2. The van der Waals surface area contributed by atoms with Gasteiger partial charge in [-0.2, -0.15) is 23.4 Å². The van der Waals surface area contributed by atoms with E-state index in [-0.39, 0.29) is 30.5 Å². The molecule has 1 amide bonds. The molecule has 2 aromatic heterocycles. The molecule has 4 rings (SSSR count). The Bertz CT molecular complexity index is 918. The molecule has 4 heterocycles. The van der Waals surface area contributed by atoms with Crippen molar-refractivity contribution >= 4 is 11.7 Å². The summed E-state index contributed by atoms with van der Waals surface area (Å²) < 4.78 is 43.7. The Balaban J connectivity index is 1.62. The van der Waals surface area contributed by atoms with Gasteiger partial charge in [0.05, 0.1) is 23.5 Å². The molecule has 2 aromatic rings. The molecule has 1 N–H and O–H groups in total. The second-order valence-electron chi connectivity index (χ2n) is 8.40. The van der Waals surface area contributed by atoms with Crippen LogP contribution in [0.5, 0.6) is 0 Å². The molecule has 164 valence electrons. The second-order valence-corrected chi connectivity index (χ2v) is 8.40. The zero-order chi connectivity index (χ0) is 21.6. The minimum atomic E-state index is -4.37. The van der Waals surface area contributed by atoms with Crippen LogP contribution >= 0.6 is 0 Å². The van der Waals surface area contributed by atoms with Crippen molar-refractivity contribution in [1.82, 2.24) is 24.5 Å². The number of amides is 1. The Hall–Kier alpha value is -2.52. The van der Waals surface area contributed by atoms with E-state index in [1.54, 1.807) is 28.0 Å². The number of hydrogen-bond donors (Lipinski definition) is 1. The van der Waals surface area contributed by atoms with Gasteiger partial charge in [-0.3, -0.25) is 9.48 Å². The van der Waals surface area contributed by atoms with Gasteiger partial charge in [0.25, 0.3) is 5.91 Å². The van der Waals surface area contributed by atoms with E-state index in [0.717, 1.165) is 11.1 Å². The first-order valence-corrected chi connectivity index (χ1v) is 10.5. The summed E-state index contributed by atoms with van der Waals surface area (Å²) >= 11 is 0. The van der Waals surface area contributed by atoms with Gasteiger partial charge in [0.15, 0.2) is 6.04 Å². The van der Waals surface area contributed by atoms with E-state index < -0.39 is 12.2 Å². The SMILES string of the molecule is CC[C@@H]1C[C@H](C(F)(F)F)n2nc([C@@H]3CCCN3C(=O)c3cnn(C(C)C)c3)cc2N1. The zero-order valence-electron chi connectivity index (χ0n) is 17.4. The van der Waals surface area contributed by atoms with Crippen LogP contribution in [0.1, 0.15) is 80.6 Å². The predicted molar refractivity (Wildman–Crippen MR) is 105 cm³/mol. The second kappa shape index (κ2) is 7.63. The molecule has 1 fully saturated rings. The molecule has 1 saturated heterocycles. The maximum atomic E-state index is 13.6. The standard InChI is InChI=1S/C20H27F3N6O/c1-4-14-8-17(20(21,22)23)29-18(25-14)9-15(26-29)16-6-5-7-27(16)19(30)13-10-24-28(11-13)12(2)3/h9-12,14,16-17,25H,4-8H2,1-3H3/t14-,16+,17-/m1/s1. The largest absolute Gasteiger partial charge is 0.410 e. The summed E-state index contributed by atoms with van der Waals surface area (Å²) in [6.07, 6.45) is 0.899. The Morgan fingerprint density at radius 1 is 1.37 bits per heavy atom. The van der Waals surface area contributed by atoms with Crippen LogP contribution in [0.2, 0.25) is 0 Å². The number of likely N-dealkylation sites (tertiary alicyclic amines) is 1. The fourth-order valence-corrected chi connectivity index (χ4v) is 4.31. The lowest BCUT2D eigenvalue weighted by Crippen LogP contribution is -2.39. The van der Waals surface area contributed by atoms with Gasteiger partial charge in [0.1, 0.15) is 5.82 Å². The number of carbonyl (C=O) groups is 1. The molecule has 0 radical (unpaired) electrons. The van der Waals surface area contributed by atoms with Crippen molar-refractivity contribution in [1.29, 1.82) is 0 Å². The third-order valence-corrected chi connectivity index (χ3v) is 6.01. The molecule has 2 aliphatic heterocycles. The molecule has 0 spiro atoms. The summed E-state index contributed by atoms with van der Waals surface area (Å²) in [5.74, 6) is 0.208. The average Bonchev–Trinajstić information content (AvgIpc) is 3.43. The predicted octanol–water partition coefficient (Wildman–Crippen LogP) is 4.34. The van der Waals surface area contributed by atoms with Gasteiger partial charge in [0.2, 0.25) is 0 Å². The number of nitrogens with one attached hydrogen (secondary N) is 1. The van der Waals surface area contributed by atoms with Gasteiger partial charge in [-0.15, -0.1) is 0 Å². The molecule has 0 unspecified atom stereocenters. The van der Waals surface area contributed by atoms with E-state index in [1.807, 2.05) is 20.8 Å². The van der Waals surface area contributed by atoms with Gasteiger partial charge >= 0.3 is 6.18 Å². The monoisotopic (exact) mass is 424 g/mol. The van der Waals surface area contributed by atoms with Crippen molar-refractivity contribution in [2.75, 3.05) is 11.9 Å². The molecule has 0 aromatic carbocycles. The van der Waals surface area contributed by atoms with Crippen LogP contribution in [-0.2, 0) is 0 Å². The lowest BCUT2D eigenvalue weighted by Gasteiger charge is -2.32. The number of alkyl halides is 3. The molecule has 2 aliphatic rings. The Labute approximate surface area is 173 Å². The number of nitrogens with zero attached hydrogens (tertiary/aromatic N) is 5. The quantitative estimate of drug-likeness (QED) is 0.793. The van der Waals surface area contributed by atoms with E-state index >= 15 is 0 Å². The first kappa shape index (κ1) is 20.7. The van der Waals surface area contributed by atoms with Crippen molar-refractivity contribution in [2.24, 2.45) is 0 Å². The third kappa shape index (κ3) is 3.67. The fourth-order valence-electron chi connectivity index (χ4n) is 4.31. The molecule has 0 aliphatic carbocycles. The first-order valence-electron chi connectivity index (χ1n) is 10.5. The summed E-state index contributed by atoms with van der Waals surface area (Å²) in [7, 11) is 0. The summed E-state index contributed by atoms with van der Waals surface area (Å²) in [5, 5.41) is 11.7. The van der Waals surface area contributed by atoms with E-state index in [4.69, 9.17) is 0 Å². The Morgan fingerprint density at radius 3 is 2.77 bits per heavy atom. The molecule has 3 atom stereocenters. The third-order valence-electron chi connectivity index (χ3n) is 6.01. The molecule has 7 nitrogen and oxygen atoms in total. The van der Waals surface area contributed by atoms with Crippen LogP contribution in [0.3, 0.4) is 0 Å². The van der Waals surface area contributed by atoms with Crippen LogP contribution < -0.4 is 5.32 Å². The van der Waals surface area contributed by atoms with Crippen molar-refractivity contribution in [3.8, 4) is 0 Å². The molecular weight excluding hydrogens is 397 g/mol. The van der Waals surface area contributed by atoms with Gasteiger partial charge in [0, 0.05) is 30.9 Å². The van der Waals surface area contributed by atoms with Crippen LogP contribution in [0.4, 0.5) is 19.0 Å². The van der Waals surface area contributed by atoms with Crippen molar-refractivity contribution in [3.05, 3.63) is 29.7 Å². The number of carbonyl (C=O) groups excluding carboxylic acids is 1. The van der Waals surface area contributed by atoms with Gasteiger partial charge in [-0.25, -0.2) is 4.68 Å². The van der Waals surface area contributed by atoms with Crippen LogP contribution in [-0.4, -0.2) is 49.1 Å². The number of hydrogen-bond acceptors (Lipinski definition) is 4. The molecule has 30 heavy (non-hydrogen) atoms. The highest BCUT2D eigenvalue weighted by Crippen LogP contribution is 2.42. The van der Waals surface area contributed by atoms with E-state index in [2.05, 4.69) is 15.5 Å². The van der Waals surface area contributed by atoms with Crippen molar-refractivity contribution in [2.45, 2.75) is 76.8 Å². The van der Waals surface area contributed by atoms with Crippen LogP contribution in [0.25, 0.3) is 0 Å². The molecular formula is C20H27F3N6O. The Kier molecular flexibility index (Phi) is 5.27. The highest BCUT2D eigenvalue weighted by atomic mass is 19.4. The maximum absolute atomic E-state index is 13.6. The summed E-state index contributed by atoms with van der Waals surface area (Å²) in [6, 6.07) is -0.431. The van der Waals surface area contributed by atoms with Crippen LogP contribution in [0.15, 0.2) is 18.5 Å². The number of rotatable bonds is 4. The van der Waals surface area contributed by atoms with Gasteiger partial charge < -0.3 is 10.2 Å². The summed E-state index contributed by atoms with van der Waals surface area (Å²) in [4.78, 5) is 14.8. The number of fused-ring (bicyclic) bond motifs is 1. The average molecular weight is 424 g/mol. The zero-order valence-corrected chi connectivity index (χ0v) is 17.4. The molecule has 10 heteroatoms. The van der Waals surface area contributed by atoms with E-state index in [0.29, 0.717) is 36.5 Å². The Morgan fingerprint density at radius 2 is 2.13 bits per heavy atom. The number of aromatic nitrogens is 4. The highest BCUT2D eigenvalue weighted by molar-refractivity contribution is 5.94. The van der Waals surface area contributed by atoms with E-state index in [1.165, 1.54) is 0 Å². The normalized spacial score (nSPS) is 24.2. The van der Waals surface area contributed by atoms with Crippen molar-refractivity contribution < 1.29 is 18.0 Å². The minimum Gasteiger partial charge on any atom is -0.367 e. The van der Waals surface area contributed by atoms with Gasteiger partial charge in [-0.05, 0) is 39.5 Å². The topological polar surface area (TPSA) is 68.0 Å². The number of halogens is 3. The minimum absolute atomic E-state index is 0.0458. The fraction of sp³-hybridized carbons (Fsp3) is 0.650. The summed E-state index contributed by atoms with van der Waals surface area (Å²) in [6.45, 7) is 6.37. The lowest BCUT2D eigenvalue weighted by atomic mass is 10.0. The molecule has 0 saturated carbocycles. The van der Waals surface area contributed by atoms with E-state index in [9.17, 15) is 18.0 Å². The highest BCUT2D eigenvalue weighted by Gasteiger charge is 2.46. The maximum Gasteiger partial charge on any atom is 0.410 e. The van der Waals surface area contributed by atoms with Crippen molar-refractivity contribution in [3.63, 3.8) is 0 Å². The van der Waals surface area contributed by atoms with Gasteiger partial charge in [-0.1, -0.05) is 6.92 Å². The number of anilines is 1.